The smallest absolute Gasteiger partial charge is 0.306 e. The van der Waals surface area contributed by atoms with Crippen molar-refractivity contribution in [1.82, 2.24) is 0 Å². The molecule has 0 aliphatic carbocycles. The average Bonchev–Trinajstić information content (AvgIpc) is 2.24. The molecule has 0 aromatic rings. The number of esters is 1. The summed E-state index contributed by atoms with van der Waals surface area (Å²) in [5.74, 6) is -1.96. The van der Waals surface area contributed by atoms with Crippen LogP contribution in [0.1, 0.15) is 26.7 Å². The Morgan fingerprint density at radius 3 is 2.31 bits per heavy atom. The molecule has 0 saturated carbocycles. The van der Waals surface area contributed by atoms with Crippen molar-refractivity contribution in [2.24, 2.45) is 5.92 Å². The van der Waals surface area contributed by atoms with Crippen LogP contribution in [0.2, 0.25) is 0 Å². The van der Waals surface area contributed by atoms with E-state index in [1.54, 1.807) is 6.92 Å². The molecule has 0 saturated heterocycles. The lowest BCUT2D eigenvalue weighted by atomic mass is 10.1. The van der Waals surface area contributed by atoms with Crippen molar-refractivity contribution in [3.63, 3.8) is 0 Å². The number of sulfone groups is 1. The molecule has 94 valence electrons. The summed E-state index contributed by atoms with van der Waals surface area (Å²) in [6.45, 7) is 3.52. The summed E-state index contributed by atoms with van der Waals surface area (Å²) in [4.78, 5) is 22.2. The van der Waals surface area contributed by atoms with E-state index in [0.29, 0.717) is 6.42 Å². The number of methoxy groups -OCH3 is 1. The summed E-state index contributed by atoms with van der Waals surface area (Å²) in [6, 6.07) is 0. The number of ketones is 1. The summed E-state index contributed by atoms with van der Waals surface area (Å²) < 4.78 is 27.2. The van der Waals surface area contributed by atoms with Gasteiger partial charge in [-0.1, -0.05) is 13.8 Å². The number of rotatable bonds is 7. The van der Waals surface area contributed by atoms with Crippen LogP contribution in [0.15, 0.2) is 0 Å². The highest BCUT2D eigenvalue weighted by Gasteiger charge is 2.21. The second-order valence-corrected chi connectivity index (χ2v) is 5.88. The molecular weight excluding hydrogens is 232 g/mol. The minimum atomic E-state index is -3.49. The van der Waals surface area contributed by atoms with Crippen LogP contribution in [0, 0.1) is 5.92 Å². The van der Waals surface area contributed by atoms with Crippen LogP contribution in [0.25, 0.3) is 0 Å². The largest absolute Gasteiger partial charge is 0.469 e. The first-order chi connectivity index (χ1) is 7.32. The SMILES string of the molecule is CCC(C)C(=O)CS(=O)(=O)CCC(=O)OC. The first-order valence-corrected chi connectivity index (χ1v) is 6.94. The number of carbonyl (C=O) groups excluding carboxylic acids is 2. The maximum absolute atomic E-state index is 11.5. The van der Waals surface area contributed by atoms with Crippen LogP contribution >= 0.6 is 0 Å². The highest BCUT2D eigenvalue weighted by molar-refractivity contribution is 7.92. The monoisotopic (exact) mass is 250 g/mol. The summed E-state index contributed by atoms with van der Waals surface area (Å²) >= 11 is 0. The Bertz CT molecular complexity index is 344. The molecule has 0 aromatic carbocycles. The average molecular weight is 250 g/mol. The zero-order valence-electron chi connectivity index (χ0n) is 9.86. The second-order valence-electron chi connectivity index (χ2n) is 3.69. The minimum absolute atomic E-state index is 0.202. The number of carbonyl (C=O) groups is 2. The lowest BCUT2D eigenvalue weighted by Gasteiger charge is -2.07. The van der Waals surface area contributed by atoms with Crippen LogP contribution in [0.4, 0.5) is 0 Å². The maximum atomic E-state index is 11.5. The summed E-state index contributed by atoms with van der Waals surface area (Å²) in [7, 11) is -2.30. The first-order valence-electron chi connectivity index (χ1n) is 5.12. The molecule has 0 aromatic heterocycles. The first kappa shape index (κ1) is 15.1. The van der Waals surface area contributed by atoms with Gasteiger partial charge in [-0.25, -0.2) is 8.42 Å². The normalized spacial score (nSPS) is 13.2. The number of hydrogen-bond acceptors (Lipinski definition) is 5. The van der Waals surface area contributed by atoms with Gasteiger partial charge in [0.25, 0.3) is 0 Å². The van der Waals surface area contributed by atoms with Crippen molar-refractivity contribution in [3.8, 4) is 0 Å². The van der Waals surface area contributed by atoms with Crippen molar-refractivity contribution in [3.05, 3.63) is 0 Å². The van der Waals surface area contributed by atoms with Crippen molar-refractivity contribution >= 4 is 21.6 Å². The fourth-order valence-electron chi connectivity index (χ4n) is 1.000. The molecular formula is C10H18O5S. The van der Waals surface area contributed by atoms with Gasteiger partial charge >= 0.3 is 5.97 Å². The molecule has 0 N–H and O–H groups in total. The standard InChI is InChI=1S/C10H18O5S/c1-4-8(2)9(11)7-16(13,14)6-5-10(12)15-3/h8H,4-7H2,1-3H3. The van der Waals surface area contributed by atoms with Crippen molar-refractivity contribution in [2.45, 2.75) is 26.7 Å². The Morgan fingerprint density at radius 1 is 1.31 bits per heavy atom. The lowest BCUT2D eigenvalue weighted by Crippen LogP contribution is -2.24. The Hall–Kier alpha value is -0.910. The fourth-order valence-corrected chi connectivity index (χ4v) is 2.34. The number of hydrogen-bond donors (Lipinski definition) is 0. The predicted molar refractivity (Wildman–Crippen MR) is 59.7 cm³/mol. The summed E-state index contributed by atoms with van der Waals surface area (Å²) in [6.07, 6.45) is 0.415. The van der Waals surface area contributed by atoms with Gasteiger partial charge in [-0.15, -0.1) is 0 Å². The van der Waals surface area contributed by atoms with Gasteiger partial charge in [0.05, 0.1) is 19.3 Å². The van der Waals surface area contributed by atoms with Gasteiger partial charge in [-0.05, 0) is 6.42 Å². The maximum Gasteiger partial charge on any atom is 0.306 e. The molecule has 5 nitrogen and oxygen atoms in total. The minimum Gasteiger partial charge on any atom is -0.469 e. The van der Waals surface area contributed by atoms with E-state index in [9.17, 15) is 18.0 Å². The van der Waals surface area contributed by atoms with E-state index in [2.05, 4.69) is 4.74 Å². The van der Waals surface area contributed by atoms with E-state index >= 15 is 0 Å². The van der Waals surface area contributed by atoms with Crippen LogP contribution in [0.3, 0.4) is 0 Å². The number of ether oxygens (including phenoxy) is 1. The second kappa shape index (κ2) is 6.62. The molecule has 1 unspecified atom stereocenters. The van der Waals surface area contributed by atoms with Crippen LogP contribution in [-0.2, 0) is 24.2 Å². The van der Waals surface area contributed by atoms with Gasteiger partial charge in [0.2, 0.25) is 0 Å². The molecule has 0 spiro atoms. The van der Waals surface area contributed by atoms with Crippen LogP contribution < -0.4 is 0 Å². The van der Waals surface area contributed by atoms with Gasteiger partial charge in [0.15, 0.2) is 15.6 Å². The topological polar surface area (TPSA) is 77.5 Å². The Balaban J connectivity index is 4.26. The van der Waals surface area contributed by atoms with Crippen molar-refractivity contribution in [1.29, 1.82) is 0 Å². The van der Waals surface area contributed by atoms with Crippen LogP contribution in [-0.4, -0.2) is 38.8 Å². The van der Waals surface area contributed by atoms with Crippen molar-refractivity contribution < 1.29 is 22.7 Å². The van der Waals surface area contributed by atoms with Gasteiger partial charge in [-0.2, -0.15) is 0 Å². The zero-order chi connectivity index (χ0) is 12.8. The highest BCUT2D eigenvalue weighted by atomic mass is 32.2. The molecule has 0 heterocycles. The third-order valence-electron chi connectivity index (χ3n) is 2.37. The molecule has 0 aliphatic heterocycles. The molecule has 0 amide bonds. The highest BCUT2D eigenvalue weighted by Crippen LogP contribution is 2.06. The third-order valence-corrected chi connectivity index (χ3v) is 3.92. The predicted octanol–water partition coefficient (Wildman–Crippen LogP) is 0.579. The fraction of sp³-hybridized carbons (Fsp3) is 0.800. The third kappa shape index (κ3) is 5.85. The van der Waals surface area contributed by atoms with Gasteiger partial charge in [-0.3, -0.25) is 9.59 Å². The van der Waals surface area contributed by atoms with E-state index in [1.807, 2.05) is 6.92 Å². The molecule has 0 radical (unpaired) electrons. The Morgan fingerprint density at radius 2 is 1.88 bits per heavy atom. The quantitative estimate of drug-likeness (QED) is 0.618. The Labute approximate surface area is 96.1 Å². The van der Waals surface area contributed by atoms with E-state index in [-0.39, 0.29) is 23.9 Å². The molecule has 16 heavy (non-hydrogen) atoms. The van der Waals surface area contributed by atoms with E-state index in [4.69, 9.17) is 0 Å². The lowest BCUT2D eigenvalue weighted by molar-refractivity contribution is -0.140. The van der Waals surface area contributed by atoms with Crippen LogP contribution in [0.5, 0.6) is 0 Å². The van der Waals surface area contributed by atoms with Crippen molar-refractivity contribution in [2.75, 3.05) is 18.6 Å². The molecule has 0 fully saturated rings. The van der Waals surface area contributed by atoms with Gasteiger partial charge < -0.3 is 4.74 Å². The molecule has 0 aliphatic rings. The molecule has 6 heteroatoms. The zero-order valence-corrected chi connectivity index (χ0v) is 10.7. The molecule has 1 atom stereocenters. The van der Waals surface area contributed by atoms with Gasteiger partial charge in [0.1, 0.15) is 5.75 Å². The summed E-state index contributed by atoms with van der Waals surface area (Å²) in [5.41, 5.74) is 0. The Kier molecular flexibility index (Phi) is 6.25. The molecule has 0 rings (SSSR count). The van der Waals surface area contributed by atoms with E-state index in [1.165, 1.54) is 7.11 Å². The van der Waals surface area contributed by atoms with E-state index < -0.39 is 21.6 Å². The number of Topliss-reactive ketones (excluding diaryl/α,β-unsaturated/α-hetero) is 1. The van der Waals surface area contributed by atoms with Gasteiger partial charge in [0, 0.05) is 5.92 Å². The summed E-state index contributed by atoms with van der Waals surface area (Å²) in [5, 5.41) is 0. The van der Waals surface area contributed by atoms with E-state index in [0.717, 1.165) is 0 Å². The molecule has 0 bridgehead atoms.